The Morgan fingerprint density at radius 2 is 1.79 bits per heavy atom. The van der Waals surface area contributed by atoms with Gasteiger partial charge in [0.25, 0.3) is 0 Å². The number of nitrogens with zero attached hydrogens (tertiary/aromatic N) is 2. The van der Waals surface area contributed by atoms with E-state index in [1.165, 1.54) is 6.21 Å². The van der Waals surface area contributed by atoms with Crippen molar-refractivity contribution in [3.05, 3.63) is 77.8 Å². The van der Waals surface area contributed by atoms with Crippen LogP contribution in [0.1, 0.15) is 11.1 Å². The van der Waals surface area contributed by atoms with E-state index in [-0.39, 0.29) is 0 Å². The molecule has 3 rings (SSSR count). The Morgan fingerprint density at radius 3 is 2.42 bits per heavy atom. The van der Waals surface area contributed by atoms with Crippen LogP contribution < -0.4 is 0 Å². The summed E-state index contributed by atoms with van der Waals surface area (Å²) in [7, 11) is 0. The number of benzene rings is 1. The van der Waals surface area contributed by atoms with Crippen molar-refractivity contribution >= 4 is 23.2 Å². The van der Waals surface area contributed by atoms with Crippen LogP contribution in [0.4, 0.5) is 0 Å². The number of terminal acetylenes is 1. The van der Waals surface area contributed by atoms with Gasteiger partial charge in [0.1, 0.15) is 0 Å². The maximum atomic E-state index is 8.64. The third-order valence-corrected chi connectivity index (χ3v) is 3.81. The Balaban J connectivity index is 2.29. The second kappa shape index (κ2) is 6.76. The van der Waals surface area contributed by atoms with Gasteiger partial charge < -0.3 is 10.3 Å². The fraction of sp³-hybridized carbons (Fsp3) is 0.0500. The molecule has 0 spiro atoms. The van der Waals surface area contributed by atoms with E-state index >= 15 is 0 Å². The van der Waals surface area contributed by atoms with Crippen molar-refractivity contribution in [1.29, 1.82) is 10.8 Å². The van der Waals surface area contributed by atoms with Crippen LogP contribution in [-0.2, 0) is 0 Å². The summed E-state index contributed by atoms with van der Waals surface area (Å²) < 4.78 is 0. The lowest BCUT2D eigenvalue weighted by Crippen LogP contribution is -2.20. The Bertz CT molecular complexity index is 871. The summed E-state index contributed by atoms with van der Waals surface area (Å²) in [6.45, 7) is 0.329. The molecule has 1 aliphatic heterocycles. The van der Waals surface area contributed by atoms with Gasteiger partial charge in [-0.25, -0.2) is 0 Å². The zero-order chi connectivity index (χ0) is 16.9. The molecule has 0 saturated heterocycles. The van der Waals surface area contributed by atoms with E-state index in [2.05, 4.69) is 10.9 Å². The van der Waals surface area contributed by atoms with E-state index in [0.29, 0.717) is 18.0 Å². The molecule has 0 amide bonds. The Morgan fingerprint density at radius 1 is 1.08 bits per heavy atom. The fourth-order valence-electron chi connectivity index (χ4n) is 2.84. The van der Waals surface area contributed by atoms with Crippen molar-refractivity contribution in [1.82, 2.24) is 9.88 Å². The average Bonchev–Trinajstić information content (AvgIpc) is 2.90. The molecule has 0 fully saturated rings. The van der Waals surface area contributed by atoms with Crippen LogP contribution in [0.3, 0.4) is 0 Å². The van der Waals surface area contributed by atoms with Crippen LogP contribution in [0.5, 0.6) is 0 Å². The molecule has 116 valence electrons. The maximum Gasteiger partial charge on any atom is 0.0877 e. The molecule has 2 aromatic rings. The predicted molar refractivity (Wildman–Crippen MR) is 97.6 cm³/mol. The summed E-state index contributed by atoms with van der Waals surface area (Å²) >= 11 is 0. The standard InChI is InChI=1S/C20H16N4/c1-2-14-24-17(8-11-21)19(22)18(15-6-4-3-5-7-15)20(24)16-9-12-23-13-10-16/h1,3-13,21-22H,14H2. The monoisotopic (exact) mass is 312 g/mol. The van der Waals surface area contributed by atoms with E-state index in [1.54, 1.807) is 18.5 Å². The van der Waals surface area contributed by atoms with Crippen LogP contribution in [0.25, 0.3) is 11.3 Å². The topological polar surface area (TPSA) is 63.8 Å². The number of pyridine rings is 1. The van der Waals surface area contributed by atoms with Crippen molar-refractivity contribution in [3.63, 3.8) is 0 Å². The SMILES string of the molecule is C#CCN1C(=CC=N)C(=N)C(c2ccccc2)=C1c1ccncc1. The Labute approximate surface area is 141 Å². The van der Waals surface area contributed by atoms with E-state index in [0.717, 1.165) is 22.4 Å². The normalized spacial score (nSPS) is 15.7. The number of hydrogen-bond acceptors (Lipinski definition) is 4. The average molecular weight is 312 g/mol. The molecule has 2 N–H and O–H groups in total. The van der Waals surface area contributed by atoms with E-state index in [4.69, 9.17) is 17.2 Å². The highest BCUT2D eigenvalue weighted by Crippen LogP contribution is 2.40. The molecule has 4 nitrogen and oxygen atoms in total. The molecule has 2 heterocycles. The van der Waals surface area contributed by atoms with Crippen molar-refractivity contribution in [3.8, 4) is 12.3 Å². The van der Waals surface area contributed by atoms with Crippen LogP contribution in [0, 0.1) is 23.2 Å². The minimum atomic E-state index is 0.329. The van der Waals surface area contributed by atoms with Crippen LogP contribution in [0.2, 0.25) is 0 Å². The van der Waals surface area contributed by atoms with Gasteiger partial charge in [0.05, 0.1) is 23.7 Å². The van der Waals surface area contributed by atoms with Crippen molar-refractivity contribution in [2.24, 2.45) is 0 Å². The van der Waals surface area contributed by atoms with Gasteiger partial charge in [-0.1, -0.05) is 36.3 Å². The second-order valence-corrected chi connectivity index (χ2v) is 5.21. The van der Waals surface area contributed by atoms with Gasteiger partial charge in [-0.2, -0.15) is 0 Å². The first kappa shape index (κ1) is 15.4. The zero-order valence-corrected chi connectivity index (χ0v) is 13.0. The number of hydrogen-bond donors (Lipinski definition) is 2. The summed E-state index contributed by atoms with van der Waals surface area (Å²) in [6, 6.07) is 13.6. The van der Waals surface area contributed by atoms with Crippen molar-refractivity contribution in [2.45, 2.75) is 0 Å². The highest BCUT2D eigenvalue weighted by Gasteiger charge is 2.33. The molecule has 1 aliphatic rings. The zero-order valence-electron chi connectivity index (χ0n) is 13.0. The number of rotatable bonds is 4. The van der Waals surface area contributed by atoms with Gasteiger partial charge in [0.2, 0.25) is 0 Å². The smallest absolute Gasteiger partial charge is 0.0877 e. The molecule has 0 saturated carbocycles. The van der Waals surface area contributed by atoms with Gasteiger partial charge in [-0.05, 0) is 23.8 Å². The second-order valence-electron chi connectivity index (χ2n) is 5.21. The summed E-state index contributed by atoms with van der Waals surface area (Å²) in [6.07, 6.45) is 11.8. The van der Waals surface area contributed by atoms with Gasteiger partial charge in [0.15, 0.2) is 0 Å². The fourth-order valence-corrected chi connectivity index (χ4v) is 2.84. The minimum absolute atomic E-state index is 0.329. The van der Waals surface area contributed by atoms with E-state index < -0.39 is 0 Å². The Kier molecular flexibility index (Phi) is 4.35. The van der Waals surface area contributed by atoms with Gasteiger partial charge in [-0.3, -0.25) is 10.4 Å². The molecule has 4 heteroatoms. The van der Waals surface area contributed by atoms with Gasteiger partial charge >= 0.3 is 0 Å². The number of allylic oxidation sites excluding steroid dienone is 2. The quantitative estimate of drug-likeness (QED) is 0.671. The molecule has 1 aromatic heterocycles. The van der Waals surface area contributed by atoms with E-state index in [9.17, 15) is 0 Å². The number of aromatic nitrogens is 1. The van der Waals surface area contributed by atoms with Gasteiger partial charge in [-0.15, -0.1) is 6.42 Å². The lowest BCUT2D eigenvalue weighted by atomic mass is 9.98. The highest BCUT2D eigenvalue weighted by molar-refractivity contribution is 6.39. The van der Waals surface area contributed by atoms with Crippen molar-refractivity contribution in [2.75, 3.05) is 6.54 Å². The summed E-state index contributed by atoms with van der Waals surface area (Å²) in [4.78, 5) is 5.98. The van der Waals surface area contributed by atoms with Crippen LogP contribution in [0.15, 0.2) is 66.6 Å². The summed E-state index contributed by atoms with van der Waals surface area (Å²) in [5.74, 6) is 2.65. The minimum Gasteiger partial charge on any atom is -0.327 e. The largest absolute Gasteiger partial charge is 0.327 e. The lowest BCUT2D eigenvalue weighted by molar-refractivity contribution is 0.590. The maximum absolute atomic E-state index is 8.64. The molecule has 0 radical (unpaired) electrons. The molecule has 24 heavy (non-hydrogen) atoms. The van der Waals surface area contributed by atoms with Crippen molar-refractivity contribution < 1.29 is 0 Å². The lowest BCUT2D eigenvalue weighted by Gasteiger charge is -2.21. The first-order chi connectivity index (χ1) is 11.8. The molecule has 0 aliphatic carbocycles. The molecular weight excluding hydrogens is 296 g/mol. The Hall–Kier alpha value is -3.45. The van der Waals surface area contributed by atoms with Crippen LogP contribution >= 0.6 is 0 Å². The molecular formula is C20H16N4. The third-order valence-electron chi connectivity index (χ3n) is 3.81. The first-order valence-electron chi connectivity index (χ1n) is 7.49. The number of nitrogens with one attached hydrogen (secondary N) is 2. The molecule has 0 atom stereocenters. The summed E-state index contributed by atoms with van der Waals surface area (Å²) in [5.41, 5.74) is 4.58. The first-order valence-corrected chi connectivity index (χ1v) is 7.49. The molecule has 0 bridgehead atoms. The molecule has 0 unspecified atom stereocenters. The molecule has 1 aromatic carbocycles. The van der Waals surface area contributed by atoms with Crippen LogP contribution in [-0.4, -0.2) is 28.4 Å². The summed E-state index contributed by atoms with van der Waals surface area (Å²) in [5, 5.41) is 16.1. The van der Waals surface area contributed by atoms with E-state index in [1.807, 2.05) is 47.4 Å². The predicted octanol–water partition coefficient (Wildman–Crippen LogP) is 3.45. The third kappa shape index (κ3) is 2.64. The van der Waals surface area contributed by atoms with Gasteiger partial charge in [0, 0.05) is 29.7 Å². The highest BCUT2D eigenvalue weighted by atomic mass is 15.2.